The molecule has 0 radical (unpaired) electrons. The van der Waals surface area contributed by atoms with E-state index in [-0.39, 0.29) is 0 Å². The van der Waals surface area contributed by atoms with E-state index in [1.165, 1.54) is 27.7 Å². The first-order valence-electron chi connectivity index (χ1n) is 9.01. The van der Waals surface area contributed by atoms with Crippen molar-refractivity contribution < 1.29 is 4.74 Å². The monoisotopic (exact) mass is 398 g/mol. The molecule has 0 saturated carbocycles. The van der Waals surface area contributed by atoms with Crippen molar-refractivity contribution in [2.45, 2.75) is 25.7 Å². The van der Waals surface area contributed by atoms with Crippen LogP contribution >= 0.6 is 15.9 Å². The minimum atomic E-state index is 0.737. The standard InChI is InChI=1S/C21H23BrN2O/c22-16-6-2-7-17(14-16)25-13-3-5-15-4-1-8-20-21(15)18-9-11-23-12-10-19(18)24-20/h1-2,4,6-8,14,23-24H,3,5,9-13H2. The maximum atomic E-state index is 5.89. The van der Waals surface area contributed by atoms with E-state index in [4.69, 9.17) is 4.74 Å². The lowest BCUT2D eigenvalue weighted by Gasteiger charge is -2.09. The second kappa shape index (κ2) is 7.63. The molecule has 0 saturated heterocycles. The smallest absolute Gasteiger partial charge is 0.120 e. The van der Waals surface area contributed by atoms with Crippen molar-refractivity contribution in [1.29, 1.82) is 0 Å². The second-order valence-corrected chi connectivity index (χ2v) is 7.50. The number of benzene rings is 2. The lowest BCUT2D eigenvalue weighted by molar-refractivity contribution is 0.311. The maximum Gasteiger partial charge on any atom is 0.120 e. The molecule has 1 aliphatic rings. The molecule has 2 aromatic carbocycles. The van der Waals surface area contributed by atoms with Crippen LogP contribution in [0.5, 0.6) is 5.75 Å². The Bertz CT molecular complexity index is 871. The molecule has 0 atom stereocenters. The van der Waals surface area contributed by atoms with Crippen molar-refractivity contribution in [1.82, 2.24) is 10.3 Å². The molecule has 0 fully saturated rings. The highest BCUT2D eigenvalue weighted by molar-refractivity contribution is 9.10. The van der Waals surface area contributed by atoms with E-state index in [2.05, 4.69) is 44.4 Å². The fraction of sp³-hybridized carbons (Fsp3) is 0.333. The normalized spacial score (nSPS) is 14.3. The zero-order chi connectivity index (χ0) is 17.1. The molecule has 25 heavy (non-hydrogen) atoms. The summed E-state index contributed by atoms with van der Waals surface area (Å²) in [6.07, 6.45) is 4.27. The first-order valence-corrected chi connectivity index (χ1v) is 9.81. The molecule has 2 N–H and O–H groups in total. The minimum absolute atomic E-state index is 0.737. The molecule has 0 unspecified atom stereocenters. The lowest BCUT2D eigenvalue weighted by Crippen LogP contribution is -2.16. The second-order valence-electron chi connectivity index (χ2n) is 6.58. The van der Waals surface area contributed by atoms with Crippen LogP contribution < -0.4 is 10.1 Å². The van der Waals surface area contributed by atoms with Gasteiger partial charge >= 0.3 is 0 Å². The van der Waals surface area contributed by atoms with Gasteiger partial charge in [-0.05, 0) is 61.2 Å². The Morgan fingerprint density at radius 3 is 2.84 bits per heavy atom. The van der Waals surface area contributed by atoms with Crippen molar-refractivity contribution in [3.8, 4) is 5.75 Å². The summed E-state index contributed by atoms with van der Waals surface area (Å²) in [5.41, 5.74) is 5.66. The average molecular weight is 399 g/mol. The van der Waals surface area contributed by atoms with Gasteiger partial charge in [-0.1, -0.05) is 34.1 Å². The molecule has 0 bridgehead atoms. The molecule has 2 heterocycles. The minimum Gasteiger partial charge on any atom is -0.494 e. The van der Waals surface area contributed by atoms with E-state index in [1.807, 2.05) is 24.3 Å². The van der Waals surface area contributed by atoms with Crippen LogP contribution in [0.4, 0.5) is 0 Å². The largest absolute Gasteiger partial charge is 0.494 e. The molecule has 1 aliphatic heterocycles. The summed E-state index contributed by atoms with van der Waals surface area (Å²) in [6.45, 7) is 2.87. The van der Waals surface area contributed by atoms with E-state index in [9.17, 15) is 0 Å². The number of hydrogen-bond acceptors (Lipinski definition) is 2. The highest BCUT2D eigenvalue weighted by Gasteiger charge is 2.16. The van der Waals surface area contributed by atoms with Crippen LogP contribution in [0.25, 0.3) is 10.9 Å². The number of hydrogen-bond donors (Lipinski definition) is 2. The maximum absolute atomic E-state index is 5.89. The SMILES string of the molecule is Brc1cccc(OCCCc2cccc3[nH]c4c(c23)CCNCC4)c1. The predicted molar refractivity (Wildman–Crippen MR) is 107 cm³/mol. The number of rotatable bonds is 5. The third-order valence-electron chi connectivity index (χ3n) is 4.86. The Balaban J connectivity index is 1.47. The highest BCUT2D eigenvalue weighted by Crippen LogP contribution is 2.28. The molecule has 0 amide bonds. The topological polar surface area (TPSA) is 37.0 Å². The Labute approximate surface area is 156 Å². The number of H-pyrrole nitrogens is 1. The number of nitrogens with one attached hydrogen (secondary N) is 2. The zero-order valence-electron chi connectivity index (χ0n) is 14.3. The van der Waals surface area contributed by atoms with Crippen molar-refractivity contribution in [2.24, 2.45) is 0 Å². The van der Waals surface area contributed by atoms with Gasteiger partial charge in [0.25, 0.3) is 0 Å². The number of aromatic amines is 1. The molecular formula is C21H23BrN2O. The quantitative estimate of drug-likeness (QED) is 0.614. The number of fused-ring (bicyclic) bond motifs is 3. The molecule has 130 valence electrons. The Hall–Kier alpha value is -1.78. The molecule has 3 aromatic rings. The van der Waals surface area contributed by atoms with Gasteiger partial charge < -0.3 is 15.0 Å². The molecule has 4 heteroatoms. The molecule has 4 rings (SSSR count). The van der Waals surface area contributed by atoms with Crippen molar-refractivity contribution >= 4 is 26.8 Å². The molecule has 0 spiro atoms. The summed E-state index contributed by atoms with van der Waals surface area (Å²) in [6, 6.07) is 14.7. The molecule has 3 nitrogen and oxygen atoms in total. The summed E-state index contributed by atoms with van der Waals surface area (Å²) in [5.74, 6) is 0.925. The van der Waals surface area contributed by atoms with Crippen LogP contribution in [-0.4, -0.2) is 24.7 Å². The zero-order valence-corrected chi connectivity index (χ0v) is 15.9. The summed E-state index contributed by atoms with van der Waals surface area (Å²) in [7, 11) is 0. The average Bonchev–Trinajstić information content (AvgIpc) is 2.81. The van der Waals surface area contributed by atoms with Gasteiger partial charge in [0, 0.05) is 34.0 Å². The number of ether oxygens (including phenoxy) is 1. The fourth-order valence-corrected chi connectivity index (χ4v) is 4.09. The fourth-order valence-electron chi connectivity index (χ4n) is 3.71. The molecule has 0 aliphatic carbocycles. The highest BCUT2D eigenvalue weighted by atomic mass is 79.9. The van der Waals surface area contributed by atoms with E-state index in [0.29, 0.717) is 0 Å². The Kier molecular flexibility index (Phi) is 5.09. The number of aromatic nitrogens is 1. The lowest BCUT2D eigenvalue weighted by atomic mass is 9.99. The van der Waals surface area contributed by atoms with Gasteiger partial charge in [0.1, 0.15) is 5.75 Å². The summed E-state index contributed by atoms with van der Waals surface area (Å²) in [5, 5.41) is 4.94. The van der Waals surface area contributed by atoms with Crippen LogP contribution in [0.15, 0.2) is 46.9 Å². The van der Waals surface area contributed by atoms with Gasteiger partial charge in [0.15, 0.2) is 0 Å². The van der Waals surface area contributed by atoms with Crippen molar-refractivity contribution in [2.75, 3.05) is 19.7 Å². The summed E-state index contributed by atoms with van der Waals surface area (Å²) < 4.78 is 6.94. The number of halogens is 1. The van der Waals surface area contributed by atoms with Crippen LogP contribution in [0.3, 0.4) is 0 Å². The van der Waals surface area contributed by atoms with Gasteiger partial charge in [-0.3, -0.25) is 0 Å². The van der Waals surface area contributed by atoms with E-state index in [0.717, 1.165) is 55.6 Å². The van der Waals surface area contributed by atoms with Gasteiger partial charge in [-0.25, -0.2) is 0 Å². The molecular weight excluding hydrogens is 376 g/mol. The van der Waals surface area contributed by atoms with E-state index < -0.39 is 0 Å². The third kappa shape index (κ3) is 3.75. The molecule has 1 aromatic heterocycles. The van der Waals surface area contributed by atoms with Crippen molar-refractivity contribution in [3.63, 3.8) is 0 Å². The van der Waals surface area contributed by atoms with Gasteiger partial charge in [0.05, 0.1) is 6.61 Å². The van der Waals surface area contributed by atoms with Gasteiger partial charge in [-0.2, -0.15) is 0 Å². The van der Waals surface area contributed by atoms with Gasteiger partial charge in [-0.15, -0.1) is 0 Å². The first-order chi connectivity index (χ1) is 12.3. The Morgan fingerprint density at radius 2 is 1.92 bits per heavy atom. The van der Waals surface area contributed by atoms with Crippen molar-refractivity contribution in [3.05, 3.63) is 63.8 Å². The van der Waals surface area contributed by atoms with E-state index in [1.54, 1.807) is 0 Å². The van der Waals surface area contributed by atoms with Gasteiger partial charge in [0.2, 0.25) is 0 Å². The Morgan fingerprint density at radius 1 is 1.04 bits per heavy atom. The number of aryl methyl sites for hydroxylation is 1. The first kappa shape index (κ1) is 16.7. The van der Waals surface area contributed by atoms with Crippen LogP contribution in [-0.2, 0) is 19.3 Å². The summed E-state index contributed by atoms with van der Waals surface area (Å²) in [4.78, 5) is 3.64. The van der Waals surface area contributed by atoms with Crippen LogP contribution in [0.2, 0.25) is 0 Å². The van der Waals surface area contributed by atoms with Crippen LogP contribution in [0.1, 0.15) is 23.2 Å². The van der Waals surface area contributed by atoms with E-state index >= 15 is 0 Å². The van der Waals surface area contributed by atoms with Crippen LogP contribution in [0, 0.1) is 0 Å². The third-order valence-corrected chi connectivity index (χ3v) is 5.35. The summed E-state index contributed by atoms with van der Waals surface area (Å²) >= 11 is 3.48. The predicted octanol–water partition coefficient (Wildman–Crippen LogP) is 4.63.